The van der Waals surface area contributed by atoms with Gasteiger partial charge in [-0.15, -0.1) is 11.3 Å². The summed E-state index contributed by atoms with van der Waals surface area (Å²) in [5, 5.41) is 5.64. The summed E-state index contributed by atoms with van der Waals surface area (Å²) < 4.78 is 29.2. The number of aromatic nitrogens is 1. The second-order valence-corrected chi connectivity index (χ2v) is 6.03. The number of amides is 2. The van der Waals surface area contributed by atoms with Crippen molar-refractivity contribution < 1.29 is 18.3 Å². The molecule has 0 spiro atoms. The van der Waals surface area contributed by atoms with Crippen molar-refractivity contribution in [1.82, 2.24) is 15.2 Å². The number of aryl methyl sites for hydroxylation is 1. The molecule has 0 saturated heterocycles. The fraction of sp³-hybridized carbons (Fsp3) is 0.375. The Hall–Kier alpha value is -2.22. The molecule has 0 saturated carbocycles. The lowest BCUT2D eigenvalue weighted by Crippen LogP contribution is -2.36. The molecule has 0 radical (unpaired) electrons. The summed E-state index contributed by atoms with van der Waals surface area (Å²) in [5.41, 5.74) is 1.32. The van der Waals surface area contributed by atoms with Gasteiger partial charge in [-0.25, -0.2) is 9.78 Å². The van der Waals surface area contributed by atoms with E-state index in [1.807, 2.05) is 12.3 Å². The highest BCUT2D eigenvalue weighted by molar-refractivity contribution is 7.09. The van der Waals surface area contributed by atoms with Crippen LogP contribution in [0.1, 0.15) is 23.2 Å². The van der Waals surface area contributed by atoms with Crippen molar-refractivity contribution in [3.63, 3.8) is 0 Å². The molecule has 2 rings (SSSR count). The Morgan fingerprint density at radius 2 is 2.17 bits per heavy atom. The van der Waals surface area contributed by atoms with Gasteiger partial charge in [0.15, 0.2) is 0 Å². The topological polar surface area (TPSA) is 54.5 Å². The van der Waals surface area contributed by atoms with Crippen molar-refractivity contribution in [2.24, 2.45) is 0 Å². The van der Waals surface area contributed by atoms with Crippen LogP contribution < -0.4 is 10.1 Å². The summed E-state index contributed by atoms with van der Waals surface area (Å²) in [5.74, 6) is 0.0579. The van der Waals surface area contributed by atoms with Gasteiger partial charge in [0.05, 0.1) is 17.2 Å². The van der Waals surface area contributed by atoms with Crippen LogP contribution in [-0.4, -0.2) is 29.6 Å². The smallest absolute Gasteiger partial charge is 0.387 e. The predicted molar refractivity (Wildman–Crippen MR) is 88.3 cm³/mol. The number of nitrogens with one attached hydrogen (secondary N) is 1. The Kier molecular flexibility index (Phi) is 6.48. The zero-order valence-electron chi connectivity index (χ0n) is 13.5. The maximum Gasteiger partial charge on any atom is 0.387 e. The summed E-state index contributed by atoms with van der Waals surface area (Å²) in [4.78, 5) is 18.0. The average molecular weight is 355 g/mol. The number of ether oxygens (including phenoxy) is 1. The molecule has 8 heteroatoms. The summed E-state index contributed by atoms with van der Waals surface area (Å²) in [6.07, 6.45) is 0.863. The molecule has 1 N–H and O–H groups in total. The van der Waals surface area contributed by atoms with Crippen LogP contribution in [-0.2, 0) is 19.5 Å². The van der Waals surface area contributed by atoms with Crippen molar-refractivity contribution in [2.75, 3.05) is 7.05 Å². The van der Waals surface area contributed by atoms with Gasteiger partial charge < -0.3 is 15.0 Å². The number of carbonyl (C=O) groups is 1. The van der Waals surface area contributed by atoms with Crippen LogP contribution in [0.15, 0.2) is 29.6 Å². The van der Waals surface area contributed by atoms with Crippen LogP contribution >= 0.6 is 11.3 Å². The van der Waals surface area contributed by atoms with E-state index in [2.05, 4.69) is 15.0 Å². The molecule has 0 aliphatic carbocycles. The van der Waals surface area contributed by atoms with E-state index in [1.165, 1.54) is 11.0 Å². The van der Waals surface area contributed by atoms with Crippen molar-refractivity contribution >= 4 is 17.4 Å². The van der Waals surface area contributed by atoms with E-state index >= 15 is 0 Å². The number of hydrogen-bond donors (Lipinski definition) is 1. The molecule has 0 aliphatic rings. The van der Waals surface area contributed by atoms with Gasteiger partial charge in [-0.1, -0.05) is 25.1 Å². The number of para-hydroxylation sites is 1. The molecule has 2 aromatic rings. The maximum absolute atomic E-state index is 12.4. The summed E-state index contributed by atoms with van der Waals surface area (Å²) in [7, 11) is 1.65. The molecule has 24 heavy (non-hydrogen) atoms. The predicted octanol–water partition coefficient (Wildman–Crippen LogP) is 3.65. The van der Waals surface area contributed by atoms with E-state index in [4.69, 9.17) is 0 Å². The molecule has 2 amide bonds. The number of urea groups is 1. The molecule has 5 nitrogen and oxygen atoms in total. The first-order valence-electron chi connectivity index (χ1n) is 7.44. The number of carbonyl (C=O) groups excluding carboxylic acids is 1. The minimum absolute atomic E-state index is 0.0579. The molecule has 0 bridgehead atoms. The number of benzene rings is 1. The first-order valence-corrected chi connectivity index (χ1v) is 8.32. The maximum atomic E-state index is 12.4. The fourth-order valence-corrected chi connectivity index (χ4v) is 2.80. The molecule has 0 aliphatic heterocycles. The molecule has 1 aromatic carbocycles. The van der Waals surface area contributed by atoms with Crippen molar-refractivity contribution in [2.45, 2.75) is 33.0 Å². The zero-order valence-corrected chi connectivity index (χ0v) is 14.3. The zero-order chi connectivity index (χ0) is 17.5. The number of halogens is 2. The van der Waals surface area contributed by atoms with Gasteiger partial charge in [0.25, 0.3) is 0 Å². The van der Waals surface area contributed by atoms with Crippen LogP contribution in [0, 0.1) is 0 Å². The second kappa shape index (κ2) is 8.58. The van der Waals surface area contributed by atoms with E-state index in [0.717, 1.165) is 17.1 Å². The van der Waals surface area contributed by atoms with Crippen LogP contribution in [0.2, 0.25) is 0 Å². The van der Waals surface area contributed by atoms with Gasteiger partial charge in [0.1, 0.15) is 5.75 Å². The average Bonchev–Trinajstić information content (AvgIpc) is 3.00. The number of rotatable bonds is 7. The lowest BCUT2D eigenvalue weighted by atomic mass is 10.2. The van der Waals surface area contributed by atoms with Gasteiger partial charge in [0.2, 0.25) is 0 Å². The highest BCUT2D eigenvalue weighted by Gasteiger charge is 2.13. The largest absolute Gasteiger partial charge is 0.434 e. The minimum atomic E-state index is -2.90. The van der Waals surface area contributed by atoms with Gasteiger partial charge >= 0.3 is 12.6 Å². The standard InChI is InChI=1S/C16H19F2N3O2S/c1-3-14-20-12(10-24-14)9-21(2)16(22)19-8-11-6-4-5-7-13(11)23-15(17)18/h4-7,10,15H,3,8-9H2,1-2H3,(H,19,22). The molecule has 0 fully saturated rings. The summed E-state index contributed by atoms with van der Waals surface area (Å²) >= 11 is 1.56. The van der Waals surface area contributed by atoms with Crippen molar-refractivity contribution in [1.29, 1.82) is 0 Å². The van der Waals surface area contributed by atoms with Crippen LogP contribution in [0.5, 0.6) is 5.75 Å². The number of nitrogens with zero attached hydrogens (tertiary/aromatic N) is 2. The fourth-order valence-electron chi connectivity index (χ4n) is 2.07. The molecule has 130 valence electrons. The van der Waals surface area contributed by atoms with Crippen molar-refractivity contribution in [3.8, 4) is 5.75 Å². The first-order chi connectivity index (χ1) is 11.5. The van der Waals surface area contributed by atoms with Gasteiger partial charge in [-0.05, 0) is 12.5 Å². The van der Waals surface area contributed by atoms with Gasteiger partial charge in [-0.3, -0.25) is 0 Å². The third-order valence-electron chi connectivity index (χ3n) is 3.27. The summed E-state index contributed by atoms with van der Waals surface area (Å²) in [6.45, 7) is -0.388. The molecule has 0 unspecified atom stereocenters. The quantitative estimate of drug-likeness (QED) is 0.825. The Morgan fingerprint density at radius 3 is 2.83 bits per heavy atom. The third-order valence-corrected chi connectivity index (χ3v) is 4.31. The van der Waals surface area contributed by atoms with Gasteiger partial charge in [0, 0.05) is 24.5 Å². The molecule has 0 atom stereocenters. The lowest BCUT2D eigenvalue weighted by Gasteiger charge is -2.17. The molecular weight excluding hydrogens is 336 g/mol. The first kappa shape index (κ1) is 18.1. The number of thiazole rings is 1. The molecule has 1 aromatic heterocycles. The Balaban J connectivity index is 1.90. The Bertz CT molecular complexity index is 679. The molecule has 1 heterocycles. The van der Waals surface area contributed by atoms with Crippen LogP contribution in [0.4, 0.5) is 13.6 Å². The van der Waals surface area contributed by atoms with E-state index in [9.17, 15) is 13.6 Å². The van der Waals surface area contributed by atoms with Gasteiger partial charge in [-0.2, -0.15) is 8.78 Å². The second-order valence-electron chi connectivity index (χ2n) is 5.09. The van der Waals surface area contributed by atoms with Crippen LogP contribution in [0.3, 0.4) is 0 Å². The normalized spacial score (nSPS) is 10.7. The SMILES string of the molecule is CCc1nc(CN(C)C(=O)NCc2ccccc2OC(F)F)cs1. The van der Waals surface area contributed by atoms with E-state index in [1.54, 1.807) is 36.6 Å². The summed E-state index contributed by atoms with van der Waals surface area (Å²) in [6, 6.07) is 6.06. The van der Waals surface area contributed by atoms with E-state index < -0.39 is 6.61 Å². The Morgan fingerprint density at radius 1 is 1.42 bits per heavy atom. The highest BCUT2D eigenvalue weighted by Crippen LogP contribution is 2.20. The minimum Gasteiger partial charge on any atom is -0.434 e. The highest BCUT2D eigenvalue weighted by atomic mass is 32.1. The van der Waals surface area contributed by atoms with E-state index in [0.29, 0.717) is 12.1 Å². The van der Waals surface area contributed by atoms with Crippen LogP contribution in [0.25, 0.3) is 0 Å². The lowest BCUT2D eigenvalue weighted by molar-refractivity contribution is -0.0504. The number of alkyl halides is 2. The number of hydrogen-bond acceptors (Lipinski definition) is 4. The third kappa shape index (κ3) is 5.16. The van der Waals surface area contributed by atoms with E-state index in [-0.39, 0.29) is 18.3 Å². The monoisotopic (exact) mass is 355 g/mol. The van der Waals surface area contributed by atoms with Crippen molar-refractivity contribution in [3.05, 3.63) is 45.9 Å². The Labute approximate surface area is 143 Å². The molecular formula is C16H19F2N3O2S.